The summed E-state index contributed by atoms with van der Waals surface area (Å²) >= 11 is 0. The van der Waals surface area contributed by atoms with Gasteiger partial charge in [0.2, 0.25) is 0 Å². The summed E-state index contributed by atoms with van der Waals surface area (Å²) in [5.41, 5.74) is 0.948. The molecule has 100 valence electrons. The molecular formula is C13H22BNO3. The minimum atomic E-state index is -1.49. The highest BCUT2D eigenvalue weighted by molar-refractivity contribution is 6.58. The fraction of sp³-hybridized carbons (Fsp3) is 0.462. The zero-order chi connectivity index (χ0) is 14.1. The van der Waals surface area contributed by atoms with Gasteiger partial charge < -0.3 is 14.9 Å². The molecule has 18 heavy (non-hydrogen) atoms. The van der Waals surface area contributed by atoms with Crippen molar-refractivity contribution >= 4 is 18.5 Å². The van der Waals surface area contributed by atoms with E-state index in [2.05, 4.69) is 0 Å². The molecule has 0 aromatic heterocycles. The third-order valence-corrected chi connectivity index (χ3v) is 2.51. The number of amides is 1. The van der Waals surface area contributed by atoms with Gasteiger partial charge in [-0.3, -0.25) is 4.79 Å². The van der Waals surface area contributed by atoms with Crippen molar-refractivity contribution in [1.82, 2.24) is 4.90 Å². The Morgan fingerprint density at radius 1 is 1.11 bits per heavy atom. The van der Waals surface area contributed by atoms with Crippen molar-refractivity contribution in [2.45, 2.75) is 27.7 Å². The minimum Gasteiger partial charge on any atom is -0.423 e. The third-order valence-electron chi connectivity index (χ3n) is 2.51. The molecule has 0 saturated heterocycles. The Hall–Kier alpha value is -1.33. The van der Waals surface area contributed by atoms with Crippen molar-refractivity contribution in [3.05, 3.63) is 29.8 Å². The quantitative estimate of drug-likeness (QED) is 0.781. The lowest BCUT2D eigenvalue weighted by molar-refractivity contribution is 0.0773. The van der Waals surface area contributed by atoms with Crippen LogP contribution in [0.15, 0.2) is 24.3 Å². The zero-order valence-electron chi connectivity index (χ0n) is 11.6. The fourth-order valence-corrected chi connectivity index (χ4v) is 1.49. The number of carbonyl (C=O) groups is 1. The van der Waals surface area contributed by atoms with Gasteiger partial charge in [0.1, 0.15) is 0 Å². The molecule has 0 bridgehead atoms. The van der Waals surface area contributed by atoms with Gasteiger partial charge >= 0.3 is 7.12 Å². The molecule has 0 atom stereocenters. The van der Waals surface area contributed by atoms with Gasteiger partial charge in [-0.1, -0.05) is 26.0 Å². The molecule has 1 aromatic rings. The first-order valence-electron chi connectivity index (χ1n) is 6.35. The maximum absolute atomic E-state index is 11.9. The molecule has 0 aliphatic heterocycles. The molecule has 5 heteroatoms. The smallest absolute Gasteiger partial charge is 0.423 e. The lowest BCUT2D eigenvalue weighted by Gasteiger charge is -2.18. The summed E-state index contributed by atoms with van der Waals surface area (Å²) in [7, 11) is -1.49. The number of nitrogens with zero attached hydrogens (tertiary/aromatic N) is 1. The molecule has 4 nitrogen and oxygen atoms in total. The van der Waals surface area contributed by atoms with Crippen LogP contribution in [-0.2, 0) is 0 Å². The van der Waals surface area contributed by atoms with Crippen molar-refractivity contribution in [1.29, 1.82) is 0 Å². The maximum Gasteiger partial charge on any atom is 0.488 e. The molecule has 0 spiro atoms. The van der Waals surface area contributed by atoms with E-state index in [-0.39, 0.29) is 5.91 Å². The van der Waals surface area contributed by atoms with E-state index in [1.807, 2.05) is 27.7 Å². The summed E-state index contributed by atoms with van der Waals surface area (Å²) in [4.78, 5) is 13.6. The molecule has 0 unspecified atom stereocenters. The van der Waals surface area contributed by atoms with E-state index in [0.29, 0.717) is 24.1 Å². The van der Waals surface area contributed by atoms with Crippen LogP contribution in [0, 0.1) is 0 Å². The van der Waals surface area contributed by atoms with Gasteiger partial charge in [0, 0.05) is 18.7 Å². The first-order chi connectivity index (χ1) is 8.60. The topological polar surface area (TPSA) is 60.8 Å². The Morgan fingerprint density at radius 2 is 1.56 bits per heavy atom. The molecule has 1 amide bonds. The fourth-order valence-electron chi connectivity index (χ4n) is 1.49. The minimum absolute atomic E-state index is 0.0380. The number of carbonyl (C=O) groups excluding carboxylic acids is 1. The largest absolute Gasteiger partial charge is 0.488 e. The molecule has 1 aromatic carbocycles. The van der Waals surface area contributed by atoms with Gasteiger partial charge in [0.25, 0.3) is 5.91 Å². The lowest BCUT2D eigenvalue weighted by Crippen LogP contribution is -2.32. The summed E-state index contributed by atoms with van der Waals surface area (Å²) in [6.45, 7) is 9.18. The van der Waals surface area contributed by atoms with Crippen LogP contribution >= 0.6 is 0 Å². The first-order valence-corrected chi connectivity index (χ1v) is 6.35. The molecular weight excluding hydrogens is 229 g/mol. The average molecular weight is 251 g/mol. The van der Waals surface area contributed by atoms with Gasteiger partial charge in [-0.2, -0.15) is 0 Å². The molecule has 0 saturated carbocycles. The molecule has 0 aliphatic rings. The van der Waals surface area contributed by atoms with E-state index in [9.17, 15) is 4.79 Å². The monoisotopic (exact) mass is 251 g/mol. The average Bonchev–Trinajstić information content (AvgIpc) is 2.42. The van der Waals surface area contributed by atoms with E-state index in [1.54, 1.807) is 29.2 Å². The van der Waals surface area contributed by atoms with Crippen LogP contribution < -0.4 is 5.46 Å². The van der Waals surface area contributed by atoms with Crippen molar-refractivity contribution in [2.24, 2.45) is 0 Å². The van der Waals surface area contributed by atoms with Crippen molar-refractivity contribution in [3.63, 3.8) is 0 Å². The molecule has 0 radical (unpaired) electrons. The summed E-state index contributed by atoms with van der Waals surface area (Å²) in [6.07, 6.45) is 0. The van der Waals surface area contributed by atoms with Crippen molar-refractivity contribution < 1.29 is 14.8 Å². The molecule has 0 aliphatic carbocycles. The number of hydrogen-bond donors (Lipinski definition) is 2. The Morgan fingerprint density at radius 3 is 1.89 bits per heavy atom. The van der Waals surface area contributed by atoms with Crippen LogP contribution in [-0.4, -0.2) is 41.1 Å². The van der Waals surface area contributed by atoms with Gasteiger partial charge in [-0.25, -0.2) is 0 Å². The third kappa shape index (κ3) is 4.51. The summed E-state index contributed by atoms with van der Waals surface area (Å²) < 4.78 is 0. The van der Waals surface area contributed by atoms with Gasteiger partial charge in [-0.15, -0.1) is 0 Å². The van der Waals surface area contributed by atoms with Crippen molar-refractivity contribution in [2.75, 3.05) is 13.1 Å². The van der Waals surface area contributed by atoms with Crippen LogP contribution in [0.25, 0.3) is 0 Å². The van der Waals surface area contributed by atoms with E-state index < -0.39 is 7.12 Å². The number of rotatable bonds is 4. The SMILES string of the molecule is CC.CCN(CC)C(=O)c1ccc(B(O)O)cc1. The normalized spacial score (nSPS) is 9.22. The Kier molecular flexibility index (Phi) is 8.08. The zero-order valence-corrected chi connectivity index (χ0v) is 11.6. The molecule has 2 N–H and O–H groups in total. The Balaban J connectivity index is 0.00000137. The van der Waals surface area contributed by atoms with E-state index in [0.717, 1.165) is 0 Å². The maximum atomic E-state index is 11.9. The van der Waals surface area contributed by atoms with Crippen LogP contribution in [0.5, 0.6) is 0 Å². The number of hydrogen-bond acceptors (Lipinski definition) is 3. The molecule has 1 rings (SSSR count). The van der Waals surface area contributed by atoms with Crippen LogP contribution in [0.4, 0.5) is 0 Å². The standard InChI is InChI=1S/C11H16BNO3.C2H6/c1-3-13(4-2)11(14)9-5-7-10(8-6-9)12(15)16;1-2/h5-8,15-16H,3-4H2,1-2H3;1-2H3. The van der Waals surface area contributed by atoms with Gasteiger partial charge in [0.15, 0.2) is 0 Å². The molecule has 0 fully saturated rings. The second-order valence-corrected chi connectivity index (χ2v) is 3.47. The van der Waals surface area contributed by atoms with Crippen LogP contribution in [0.2, 0.25) is 0 Å². The van der Waals surface area contributed by atoms with Crippen LogP contribution in [0.1, 0.15) is 38.1 Å². The van der Waals surface area contributed by atoms with Crippen molar-refractivity contribution in [3.8, 4) is 0 Å². The summed E-state index contributed by atoms with van der Waals surface area (Å²) in [5, 5.41) is 17.8. The number of benzene rings is 1. The predicted octanol–water partition coefficient (Wildman–Crippen LogP) is 0.875. The second-order valence-electron chi connectivity index (χ2n) is 3.47. The summed E-state index contributed by atoms with van der Waals surface area (Å²) in [6, 6.07) is 6.30. The van der Waals surface area contributed by atoms with E-state index >= 15 is 0 Å². The first kappa shape index (κ1) is 16.7. The van der Waals surface area contributed by atoms with E-state index in [4.69, 9.17) is 10.0 Å². The van der Waals surface area contributed by atoms with Gasteiger partial charge in [0.05, 0.1) is 0 Å². The molecule has 0 heterocycles. The second kappa shape index (κ2) is 8.72. The van der Waals surface area contributed by atoms with Crippen LogP contribution in [0.3, 0.4) is 0 Å². The highest BCUT2D eigenvalue weighted by Gasteiger charge is 2.14. The van der Waals surface area contributed by atoms with E-state index in [1.165, 1.54) is 0 Å². The van der Waals surface area contributed by atoms with Gasteiger partial charge in [-0.05, 0) is 31.4 Å². The predicted molar refractivity (Wildman–Crippen MR) is 74.9 cm³/mol. The Labute approximate surface area is 109 Å². The Bertz CT molecular complexity index is 348. The summed E-state index contributed by atoms with van der Waals surface area (Å²) in [5.74, 6) is -0.0380. The highest BCUT2D eigenvalue weighted by Crippen LogP contribution is 2.03. The highest BCUT2D eigenvalue weighted by atomic mass is 16.4. The lowest BCUT2D eigenvalue weighted by atomic mass is 9.80.